The van der Waals surface area contributed by atoms with E-state index in [2.05, 4.69) is 6.07 Å². The van der Waals surface area contributed by atoms with Crippen molar-refractivity contribution in [1.29, 1.82) is 0 Å². The maximum Gasteiger partial charge on any atom is 0.150 e. The van der Waals surface area contributed by atoms with Gasteiger partial charge in [0.15, 0.2) is 0 Å². The van der Waals surface area contributed by atoms with Crippen LogP contribution < -0.4 is 0 Å². The van der Waals surface area contributed by atoms with Gasteiger partial charge in [0.05, 0.1) is 0 Å². The van der Waals surface area contributed by atoms with E-state index in [1.807, 2.05) is 30.3 Å². The molecule has 0 aliphatic heterocycles. The maximum absolute atomic E-state index is 10.9. The van der Waals surface area contributed by atoms with Gasteiger partial charge < -0.3 is 0 Å². The van der Waals surface area contributed by atoms with E-state index in [1.54, 1.807) is 17.4 Å². The van der Waals surface area contributed by atoms with Gasteiger partial charge in [-0.3, -0.25) is 4.79 Å². The zero-order valence-electron chi connectivity index (χ0n) is 9.69. The average molecular weight is 307 g/mol. The van der Waals surface area contributed by atoms with Crippen LogP contribution in [0.1, 0.15) is 10.4 Å². The van der Waals surface area contributed by atoms with Gasteiger partial charge in [-0.2, -0.15) is 0 Å². The van der Waals surface area contributed by atoms with Crippen molar-refractivity contribution in [1.82, 2.24) is 0 Å². The molecule has 94 valence electrons. The molecule has 0 aliphatic rings. The Morgan fingerprint density at radius 2 is 1.79 bits per heavy atom. The van der Waals surface area contributed by atoms with Gasteiger partial charge in [-0.05, 0) is 53.4 Å². The number of aldehydes is 1. The van der Waals surface area contributed by atoms with E-state index in [-0.39, 0.29) is 0 Å². The fourth-order valence-electron chi connectivity index (χ4n) is 1.98. The van der Waals surface area contributed by atoms with Gasteiger partial charge in [0.25, 0.3) is 0 Å². The third-order valence-corrected chi connectivity index (χ3v) is 4.44. The summed E-state index contributed by atoms with van der Waals surface area (Å²) in [5, 5.41) is 2.38. The number of hydrogen-bond donors (Lipinski definition) is 0. The van der Waals surface area contributed by atoms with Gasteiger partial charge in [-0.15, -0.1) is 11.3 Å². The quantitative estimate of drug-likeness (QED) is 0.556. The third kappa shape index (κ3) is 2.52. The van der Waals surface area contributed by atoms with Crippen molar-refractivity contribution in [3.8, 4) is 10.4 Å². The van der Waals surface area contributed by atoms with Crippen LogP contribution in [0.25, 0.3) is 20.5 Å². The number of hydrogen-bond acceptors (Lipinski definition) is 2. The molecule has 19 heavy (non-hydrogen) atoms. The summed E-state index contributed by atoms with van der Waals surface area (Å²) in [5.74, 6) is 0. The van der Waals surface area contributed by atoms with Gasteiger partial charge in [-0.25, -0.2) is 0 Å². The average Bonchev–Trinajstić information content (AvgIpc) is 2.80. The Hall–Kier alpha value is -1.35. The highest BCUT2D eigenvalue weighted by atomic mass is 35.5. The third-order valence-electron chi connectivity index (χ3n) is 2.82. The molecular formula is C15H8Cl2OS. The number of thiophene rings is 1. The van der Waals surface area contributed by atoms with Crippen LogP contribution in [-0.2, 0) is 0 Å². The molecular weight excluding hydrogens is 299 g/mol. The van der Waals surface area contributed by atoms with Crippen molar-refractivity contribution >= 4 is 50.9 Å². The van der Waals surface area contributed by atoms with Gasteiger partial charge in [-0.1, -0.05) is 23.2 Å². The monoisotopic (exact) mass is 306 g/mol. The van der Waals surface area contributed by atoms with Crippen molar-refractivity contribution in [2.75, 3.05) is 0 Å². The second-order valence-electron chi connectivity index (χ2n) is 4.18. The molecule has 0 saturated heterocycles. The molecule has 0 unspecified atom stereocenters. The summed E-state index contributed by atoms with van der Waals surface area (Å²) in [6.07, 6.45) is 0.805. The summed E-state index contributed by atoms with van der Waals surface area (Å²) >= 11 is 13.7. The van der Waals surface area contributed by atoms with Crippen LogP contribution in [0.2, 0.25) is 10.0 Å². The van der Waals surface area contributed by atoms with Crippen LogP contribution in [0.5, 0.6) is 0 Å². The Bertz CT molecular complexity index is 777. The standard InChI is InChI=1S/C15H8Cl2OS/c16-12-1-2-14-11(5-12)7-15(19-14)10-3-9(8-18)4-13(17)6-10/h1-8H. The van der Waals surface area contributed by atoms with E-state index < -0.39 is 0 Å². The predicted octanol–water partition coefficient (Wildman–Crippen LogP) is 5.69. The minimum atomic E-state index is 0.565. The van der Waals surface area contributed by atoms with Crippen LogP contribution in [0.4, 0.5) is 0 Å². The van der Waals surface area contributed by atoms with E-state index in [0.717, 1.165) is 31.8 Å². The Kier molecular flexibility index (Phi) is 3.31. The lowest BCUT2D eigenvalue weighted by Crippen LogP contribution is -1.81. The summed E-state index contributed by atoms with van der Waals surface area (Å²) in [6, 6.07) is 13.2. The minimum Gasteiger partial charge on any atom is -0.298 e. The normalized spacial score (nSPS) is 10.8. The van der Waals surface area contributed by atoms with Crippen LogP contribution in [0.15, 0.2) is 42.5 Å². The molecule has 1 aromatic heterocycles. The van der Waals surface area contributed by atoms with Crippen LogP contribution in [0, 0.1) is 0 Å². The van der Waals surface area contributed by atoms with Gasteiger partial charge in [0, 0.05) is 25.2 Å². The molecule has 3 rings (SSSR count). The Morgan fingerprint density at radius 3 is 2.58 bits per heavy atom. The number of benzene rings is 2. The number of carbonyl (C=O) groups excluding carboxylic acids is 1. The van der Waals surface area contributed by atoms with E-state index in [4.69, 9.17) is 23.2 Å². The van der Waals surface area contributed by atoms with Gasteiger partial charge >= 0.3 is 0 Å². The zero-order valence-corrected chi connectivity index (χ0v) is 12.0. The lowest BCUT2D eigenvalue weighted by molar-refractivity contribution is 0.112. The molecule has 1 nitrogen and oxygen atoms in total. The van der Waals surface area contributed by atoms with Crippen LogP contribution in [0.3, 0.4) is 0 Å². The fourth-order valence-corrected chi connectivity index (χ4v) is 3.43. The summed E-state index contributed by atoms with van der Waals surface area (Å²) < 4.78 is 1.16. The van der Waals surface area contributed by atoms with Crippen molar-refractivity contribution < 1.29 is 4.79 Å². The number of fused-ring (bicyclic) bond motifs is 1. The van der Waals surface area contributed by atoms with Gasteiger partial charge in [0.1, 0.15) is 6.29 Å². The first-order chi connectivity index (χ1) is 9.15. The first-order valence-corrected chi connectivity index (χ1v) is 7.18. The highest BCUT2D eigenvalue weighted by molar-refractivity contribution is 7.22. The lowest BCUT2D eigenvalue weighted by Gasteiger charge is -2.00. The molecule has 0 atom stereocenters. The zero-order chi connectivity index (χ0) is 13.4. The van der Waals surface area contributed by atoms with Gasteiger partial charge in [0.2, 0.25) is 0 Å². The van der Waals surface area contributed by atoms with E-state index in [0.29, 0.717) is 10.6 Å². The molecule has 1 heterocycles. The second-order valence-corrected chi connectivity index (χ2v) is 6.14. The summed E-state index contributed by atoms with van der Waals surface area (Å²) in [6.45, 7) is 0. The van der Waals surface area contributed by atoms with Crippen molar-refractivity contribution in [3.63, 3.8) is 0 Å². The molecule has 3 aromatic rings. The maximum atomic E-state index is 10.9. The highest BCUT2D eigenvalue weighted by Crippen LogP contribution is 2.35. The van der Waals surface area contributed by atoms with E-state index in [9.17, 15) is 4.79 Å². The number of rotatable bonds is 2. The topological polar surface area (TPSA) is 17.1 Å². The molecule has 0 aliphatic carbocycles. The van der Waals surface area contributed by atoms with Crippen molar-refractivity contribution in [2.24, 2.45) is 0 Å². The first-order valence-electron chi connectivity index (χ1n) is 5.61. The molecule has 0 spiro atoms. The second kappa shape index (κ2) is 4.97. The molecule has 4 heteroatoms. The molecule has 0 saturated carbocycles. The predicted molar refractivity (Wildman–Crippen MR) is 82.7 cm³/mol. The van der Waals surface area contributed by atoms with E-state index in [1.165, 1.54) is 0 Å². The summed E-state index contributed by atoms with van der Waals surface area (Å²) in [4.78, 5) is 12.0. The SMILES string of the molecule is O=Cc1cc(Cl)cc(-c2cc3cc(Cl)ccc3s2)c1. The fraction of sp³-hybridized carbons (Fsp3) is 0. The Balaban J connectivity index is 2.18. The molecule has 0 radical (unpaired) electrons. The Morgan fingerprint density at radius 1 is 0.947 bits per heavy atom. The Labute approximate surface area is 124 Å². The first kappa shape index (κ1) is 12.7. The summed E-state index contributed by atoms with van der Waals surface area (Å²) in [7, 11) is 0. The number of halogens is 2. The number of carbonyl (C=O) groups is 1. The molecule has 2 aromatic carbocycles. The molecule has 0 bridgehead atoms. The summed E-state index contributed by atoms with van der Waals surface area (Å²) in [5.41, 5.74) is 1.53. The molecule has 0 N–H and O–H groups in total. The molecule has 0 fully saturated rings. The lowest BCUT2D eigenvalue weighted by atomic mass is 10.1. The van der Waals surface area contributed by atoms with Crippen LogP contribution in [-0.4, -0.2) is 6.29 Å². The van der Waals surface area contributed by atoms with E-state index >= 15 is 0 Å². The minimum absolute atomic E-state index is 0.565. The van der Waals surface area contributed by atoms with Crippen molar-refractivity contribution in [2.45, 2.75) is 0 Å². The largest absolute Gasteiger partial charge is 0.298 e. The molecule has 0 amide bonds. The van der Waals surface area contributed by atoms with Crippen molar-refractivity contribution in [3.05, 3.63) is 58.1 Å². The van der Waals surface area contributed by atoms with Crippen LogP contribution >= 0.6 is 34.5 Å². The smallest absolute Gasteiger partial charge is 0.150 e. The highest BCUT2D eigenvalue weighted by Gasteiger charge is 2.07.